The summed E-state index contributed by atoms with van der Waals surface area (Å²) in [4.78, 5) is 15.5. The first-order valence-corrected chi connectivity index (χ1v) is 7.63. The summed E-state index contributed by atoms with van der Waals surface area (Å²) in [6, 6.07) is 15.2. The zero-order valence-electron chi connectivity index (χ0n) is 13.9. The van der Waals surface area contributed by atoms with E-state index in [2.05, 4.69) is 9.73 Å². The van der Waals surface area contributed by atoms with Crippen LogP contribution in [0.25, 0.3) is 11.1 Å². The fraction of sp³-hybridized carbons (Fsp3) is 0.263. The second kappa shape index (κ2) is 7.98. The number of alkyl halides is 2. The lowest BCUT2D eigenvalue weighted by atomic mass is 9.97. The lowest BCUT2D eigenvalue weighted by Crippen LogP contribution is -2.49. The number of rotatable bonds is 6. The van der Waals surface area contributed by atoms with Gasteiger partial charge in [0, 0.05) is 6.21 Å². The summed E-state index contributed by atoms with van der Waals surface area (Å²) in [5.41, 5.74) is 0.0210. The van der Waals surface area contributed by atoms with E-state index in [4.69, 9.17) is 0 Å². The van der Waals surface area contributed by atoms with Crippen molar-refractivity contribution in [2.45, 2.75) is 25.0 Å². The SMILES string of the molecule is COC(=O)[C@@H](/N=C/c1ccc(-c2ccccc2)cc1)[C@](C)(O)C(F)F. The van der Waals surface area contributed by atoms with E-state index >= 15 is 0 Å². The molecule has 0 aliphatic rings. The third-order valence-corrected chi connectivity index (χ3v) is 3.81. The van der Waals surface area contributed by atoms with Crippen molar-refractivity contribution in [3.05, 3.63) is 60.2 Å². The molecule has 0 radical (unpaired) electrons. The second-order valence-corrected chi connectivity index (χ2v) is 5.72. The largest absolute Gasteiger partial charge is 0.467 e. The number of nitrogens with zero attached hydrogens (tertiary/aromatic N) is 1. The van der Waals surface area contributed by atoms with Crippen molar-refractivity contribution < 1.29 is 23.4 Å². The van der Waals surface area contributed by atoms with Crippen LogP contribution in [0, 0.1) is 0 Å². The zero-order chi connectivity index (χ0) is 18.4. The molecule has 0 saturated carbocycles. The predicted octanol–water partition coefficient (Wildman–Crippen LogP) is 3.33. The summed E-state index contributed by atoms with van der Waals surface area (Å²) >= 11 is 0. The van der Waals surface area contributed by atoms with Gasteiger partial charge in [0.1, 0.15) is 0 Å². The summed E-state index contributed by atoms with van der Waals surface area (Å²) in [6.45, 7) is 0.856. The molecular formula is C19H19F2NO3. The fourth-order valence-corrected chi connectivity index (χ4v) is 2.23. The minimum atomic E-state index is -3.14. The molecule has 0 bridgehead atoms. The lowest BCUT2D eigenvalue weighted by molar-refractivity contribution is -0.158. The van der Waals surface area contributed by atoms with E-state index in [-0.39, 0.29) is 0 Å². The Morgan fingerprint density at radius 2 is 1.68 bits per heavy atom. The van der Waals surface area contributed by atoms with E-state index in [1.54, 1.807) is 12.1 Å². The second-order valence-electron chi connectivity index (χ2n) is 5.72. The van der Waals surface area contributed by atoms with Gasteiger partial charge in [-0.1, -0.05) is 54.6 Å². The van der Waals surface area contributed by atoms with Crippen LogP contribution in [0.4, 0.5) is 8.78 Å². The van der Waals surface area contributed by atoms with Crippen LogP contribution in [0.15, 0.2) is 59.6 Å². The van der Waals surface area contributed by atoms with E-state index in [0.717, 1.165) is 25.2 Å². The van der Waals surface area contributed by atoms with Crippen LogP contribution in [0.3, 0.4) is 0 Å². The molecule has 2 atom stereocenters. The quantitative estimate of drug-likeness (QED) is 0.644. The molecule has 0 amide bonds. The van der Waals surface area contributed by atoms with Gasteiger partial charge in [-0.05, 0) is 23.6 Å². The molecule has 0 aliphatic carbocycles. The van der Waals surface area contributed by atoms with Crippen LogP contribution in [0.5, 0.6) is 0 Å². The maximum absolute atomic E-state index is 13.0. The summed E-state index contributed by atoms with van der Waals surface area (Å²) in [5, 5.41) is 9.86. The Bertz CT molecular complexity index is 728. The minimum Gasteiger partial charge on any atom is -0.467 e. The van der Waals surface area contributed by atoms with Crippen LogP contribution >= 0.6 is 0 Å². The van der Waals surface area contributed by atoms with Crippen molar-refractivity contribution in [2.24, 2.45) is 4.99 Å². The number of carbonyl (C=O) groups excluding carboxylic acids is 1. The molecule has 6 heteroatoms. The van der Waals surface area contributed by atoms with Gasteiger partial charge in [0.25, 0.3) is 6.43 Å². The van der Waals surface area contributed by atoms with Crippen LogP contribution in [0.2, 0.25) is 0 Å². The Labute approximate surface area is 144 Å². The maximum Gasteiger partial charge on any atom is 0.333 e. The smallest absolute Gasteiger partial charge is 0.333 e. The molecule has 1 N–H and O–H groups in total. The molecule has 132 valence electrons. The fourth-order valence-electron chi connectivity index (χ4n) is 2.23. The number of aliphatic imine (C=N–C) groups is 1. The van der Waals surface area contributed by atoms with E-state index in [9.17, 15) is 18.7 Å². The topological polar surface area (TPSA) is 58.9 Å². The van der Waals surface area contributed by atoms with Gasteiger partial charge in [-0.25, -0.2) is 13.6 Å². The number of halogens is 2. The molecule has 0 spiro atoms. The van der Waals surface area contributed by atoms with E-state index in [1.165, 1.54) is 6.21 Å². The number of methoxy groups -OCH3 is 1. The molecule has 0 aliphatic heterocycles. The standard InChI is InChI=1S/C19H19F2NO3/c1-19(24,18(20)21)16(17(23)25-2)22-12-13-8-10-15(11-9-13)14-6-4-3-5-7-14/h3-12,16,18,24H,1-2H3/b22-12+/t16-,19+/m1/s1. The number of aliphatic hydroxyl groups is 1. The zero-order valence-corrected chi connectivity index (χ0v) is 13.9. The van der Waals surface area contributed by atoms with Gasteiger partial charge in [-0.15, -0.1) is 0 Å². The van der Waals surface area contributed by atoms with Crippen molar-refractivity contribution in [3.8, 4) is 11.1 Å². The molecule has 0 heterocycles. The minimum absolute atomic E-state index is 0.610. The van der Waals surface area contributed by atoms with Gasteiger partial charge in [0.15, 0.2) is 11.6 Å². The van der Waals surface area contributed by atoms with Gasteiger partial charge in [-0.2, -0.15) is 0 Å². The molecule has 2 rings (SSSR count). The van der Waals surface area contributed by atoms with Crippen LogP contribution in [-0.4, -0.2) is 42.5 Å². The average molecular weight is 347 g/mol. The monoisotopic (exact) mass is 347 g/mol. The number of hydrogen-bond donors (Lipinski definition) is 1. The number of ether oxygens (including phenoxy) is 1. The van der Waals surface area contributed by atoms with Gasteiger partial charge in [-0.3, -0.25) is 4.99 Å². The summed E-state index contributed by atoms with van der Waals surface area (Å²) in [6.07, 6.45) is -1.87. The highest BCUT2D eigenvalue weighted by Crippen LogP contribution is 2.23. The van der Waals surface area contributed by atoms with Crippen molar-refractivity contribution in [3.63, 3.8) is 0 Å². The third-order valence-electron chi connectivity index (χ3n) is 3.81. The maximum atomic E-state index is 13.0. The van der Waals surface area contributed by atoms with E-state index in [0.29, 0.717) is 5.56 Å². The summed E-state index contributed by atoms with van der Waals surface area (Å²) < 4.78 is 30.5. The van der Waals surface area contributed by atoms with Gasteiger partial charge < -0.3 is 9.84 Å². The van der Waals surface area contributed by atoms with Crippen molar-refractivity contribution in [1.82, 2.24) is 0 Å². The van der Waals surface area contributed by atoms with Crippen LogP contribution < -0.4 is 0 Å². The number of benzene rings is 2. The normalized spacial score (nSPS) is 15.1. The molecule has 2 aromatic rings. The molecule has 2 aromatic carbocycles. The number of esters is 1. The number of carbonyl (C=O) groups is 1. The predicted molar refractivity (Wildman–Crippen MR) is 91.9 cm³/mol. The first-order chi connectivity index (χ1) is 11.9. The van der Waals surface area contributed by atoms with E-state index < -0.39 is 24.0 Å². The number of hydrogen-bond acceptors (Lipinski definition) is 4. The Hall–Kier alpha value is -2.60. The highest BCUT2D eigenvalue weighted by Gasteiger charge is 2.45. The molecule has 0 aromatic heterocycles. The highest BCUT2D eigenvalue weighted by atomic mass is 19.3. The van der Waals surface area contributed by atoms with Crippen molar-refractivity contribution >= 4 is 12.2 Å². The molecule has 0 saturated heterocycles. The highest BCUT2D eigenvalue weighted by molar-refractivity contribution is 5.85. The van der Waals surface area contributed by atoms with Crippen molar-refractivity contribution in [1.29, 1.82) is 0 Å². The molecule has 0 unspecified atom stereocenters. The molecule has 25 heavy (non-hydrogen) atoms. The average Bonchev–Trinajstić information content (AvgIpc) is 2.62. The summed E-state index contributed by atoms with van der Waals surface area (Å²) in [5.74, 6) is -1.03. The van der Waals surface area contributed by atoms with Crippen LogP contribution in [-0.2, 0) is 9.53 Å². The molecular weight excluding hydrogens is 328 g/mol. The molecule has 4 nitrogen and oxygen atoms in total. The van der Waals surface area contributed by atoms with E-state index in [1.807, 2.05) is 42.5 Å². The summed E-state index contributed by atoms with van der Waals surface area (Å²) in [7, 11) is 1.06. The Morgan fingerprint density at radius 1 is 1.12 bits per heavy atom. The Morgan fingerprint density at radius 3 is 2.20 bits per heavy atom. The Kier molecular flexibility index (Phi) is 5.98. The first kappa shape index (κ1) is 18.7. The lowest BCUT2D eigenvalue weighted by Gasteiger charge is -2.27. The van der Waals surface area contributed by atoms with Crippen molar-refractivity contribution in [2.75, 3.05) is 7.11 Å². The first-order valence-electron chi connectivity index (χ1n) is 7.63. The molecule has 0 fully saturated rings. The third kappa shape index (κ3) is 4.48. The van der Waals surface area contributed by atoms with Gasteiger partial charge in [0.2, 0.25) is 0 Å². The Balaban J connectivity index is 2.22. The van der Waals surface area contributed by atoms with Gasteiger partial charge in [0.05, 0.1) is 7.11 Å². The van der Waals surface area contributed by atoms with Gasteiger partial charge >= 0.3 is 5.97 Å². The van der Waals surface area contributed by atoms with Crippen LogP contribution in [0.1, 0.15) is 12.5 Å².